The van der Waals surface area contributed by atoms with Crippen LogP contribution in [0.3, 0.4) is 0 Å². The molecule has 1 aromatic carbocycles. The van der Waals surface area contributed by atoms with Crippen molar-refractivity contribution in [2.24, 2.45) is 0 Å². The molecule has 0 spiro atoms. The summed E-state index contributed by atoms with van der Waals surface area (Å²) in [6.07, 6.45) is -4.59. The number of benzene rings is 1. The Morgan fingerprint density at radius 1 is 1.17 bits per heavy atom. The molecule has 4 heterocycles. The smallest absolute Gasteiger partial charge is 0.416 e. The molecule has 13 heteroatoms. The number of alkyl halides is 5. The van der Waals surface area contributed by atoms with Crippen molar-refractivity contribution >= 4 is 28.4 Å². The predicted octanol–water partition coefficient (Wildman–Crippen LogP) is 3.50. The number of nitrogens with one attached hydrogen (secondary N) is 1. The first-order valence-corrected chi connectivity index (χ1v) is 11.1. The maximum absolute atomic E-state index is 14.7. The summed E-state index contributed by atoms with van der Waals surface area (Å²) in [5.41, 5.74) is -1.31. The SMILES string of the molecule is CN1CCN(c2cc3c4nc(nc3cn2)OCC(F)(F)Cc2c(cccc2C(F)(F)F)CN4)C(=O)C1. The van der Waals surface area contributed by atoms with Crippen molar-refractivity contribution in [3.63, 3.8) is 0 Å². The van der Waals surface area contributed by atoms with Crippen LogP contribution in [-0.2, 0) is 23.9 Å². The van der Waals surface area contributed by atoms with E-state index in [1.807, 2.05) is 11.9 Å². The van der Waals surface area contributed by atoms with Gasteiger partial charge in [0.05, 0.1) is 23.8 Å². The van der Waals surface area contributed by atoms with Gasteiger partial charge in [-0.3, -0.25) is 14.6 Å². The maximum atomic E-state index is 14.7. The van der Waals surface area contributed by atoms with Crippen LogP contribution in [0.25, 0.3) is 10.9 Å². The third kappa shape index (κ3) is 4.74. The van der Waals surface area contributed by atoms with E-state index < -0.39 is 36.3 Å². The van der Waals surface area contributed by atoms with Gasteiger partial charge >= 0.3 is 12.2 Å². The van der Waals surface area contributed by atoms with Gasteiger partial charge < -0.3 is 10.1 Å². The molecule has 8 nitrogen and oxygen atoms in total. The number of piperazine rings is 1. The van der Waals surface area contributed by atoms with E-state index in [1.165, 1.54) is 23.2 Å². The molecule has 1 N–H and O–H groups in total. The molecule has 5 rings (SSSR count). The first-order valence-electron chi connectivity index (χ1n) is 11.1. The van der Waals surface area contributed by atoms with Crippen LogP contribution in [0, 0.1) is 0 Å². The second-order valence-electron chi connectivity index (χ2n) is 8.81. The van der Waals surface area contributed by atoms with Gasteiger partial charge in [-0.25, -0.2) is 13.8 Å². The molecule has 0 saturated carbocycles. The first kappa shape index (κ1) is 24.1. The fraction of sp³-hybridized carbons (Fsp3) is 0.391. The highest BCUT2D eigenvalue weighted by molar-refractivity contribution is 5.98. The standard InChI is InChI=1S/C23H21F5N6O2/c1-33-5-6-34(19(35)11-33)18-7-14-17(10-29-18)31-21-32-20(14)30-9-13-3-2-4-16(23(26,27)28)15(13)8-22(24,25)12-36-21/h2-4,7,10H,5-6,8-9,11-12H2,1H3,(H,30,31,32). The predicted molar refractivity (Wildman–Crippen MR) is 120 cm³/mol. The zero-order valence-corrected chi connectivity index (χ0v) is 19.1. The number of hydrogen-bond acceptors (Lipinski definition) is 7. The molecule has 0 unspecified atom stereocenters. The van der Waals surface area contributed by atoms with Crippen LogP contribution in [0.1, 0.15) is 16.7 Å². The van der Waals surface area contributed by atoms with Crippen LogP contribution in [0.4, 0.5) is 33.6 Å². The number of pyridine rings is 1. The Morgan fingerprint density at radius 3 is 2.72 bits per heavy atom. The molecule has 3 aromatic rings. The van der Waals surface area contributed by atoms with Crippen LogP contribution in [0.5, 0.6) is 6.01 Å². The Balaban J connectivity index is 1.58. The molecule has 1 amide bonds. The van der Waals surface area contributed by atoms with Crippen LogP contribution < -0.4 is 15.0 Å². The van der Waals surface area contributed by atoms with E-state index in [1.54, 1.807) is 6.07 Å². The normalized spacial score (nSPS) is 18.7. The molecular formula is C23H21F5N6O2. The highest BCUT2D eigenvalue weighted by Crippen LogP contribution is 2.37. The van der Waals surface area contributed by atoms with Gasteiger partial charge in [0.25, 0.3) is 5.92 Å². The van der Waals surface area contributed by atoms with Crippen molar-refractivity contribution in [3.8, 4) is 6.01 Å². The number of carbonyl (C=O) groups excluding carboxylic acids is 1. The lowest BCUT2D eigenvalue weighted by atomic mass is 9.95. The van der Waals surface area contributed by atoms with Gasteiger partial charge in [0.2, 0.25) is 5.91 Å². The fourth-order valence-corrected chi connectivity index (χ4v) is 4.31. The van der Waals surface area contributed by atoms with E-state index in [4.69, 9.17) is 4.74 Å². The van der Waals surface area contributed by atoms with Crippen LogP contribution in [0.2, 0.25) is 0 Å². The topological polar surface area (TPSA) is 83.5 Å². The van der Waals surface area contributed by atoms with E-state index in [-0.39, 0.29) is 41.9 Å². The maximum Gasteiger partial charge on any atom is 0.416 e. The van der Waals surface area contributed by atoms with Gasteiger partial charge in [-0.05, 0) is 30.3 Å². The first-order chi connectivity index (χ1) is 17.0. The lowest BCUT2D eigenvalue weighted by Gasteiger charge is -2.31. The number of halogens is 5. The minimum atomic E-state index is -4.80. The van der Waals surface area contributed by atoms with Gasteiger partial charge in [-0.1, -0.05) is 12.1 Å². The van der Waals surface area contributed by atoms with E-state index in [9.17, 15) is 26.7 Å². The fourth-order valence-electron chi connectivity index (χ4n) is 4.31. The third-order valence-corrected chi connectivity index (χ3v) is 6.11. The molecule has 1 saturated heterocycles. The molecule has 0 aliphatic carbocycles. The Labute approximate surface area is 202 Å². The molecule has 0 atom stereocenters. The Bertz CT molecular complexity index is 1330. The minimum Gasteiger partial charge on any atom is -0.457 e. The quantitative estimate of drug-likeness (QED) is 0.504. The van der Waals surface area contributed by atoms with Crippen molar-refractivity contribution in [1.82, 2.24) is 19.9 Å². The summed E-state index contributed by atoms with van der Waals surface area (Å²) in [5, 5.41) is 3.37. The summed E-state index contributed by atoms with van der Waals surface area (Å²) in [6.45, 7) is -0.120. The Hall–Kier alpha value is -3.61. The number of carbonyl (C=O) groups is 1. The number of hydrogen-bond donors (Lipinski definition) is 1. The molecule has 2 bridgehead atoms. The number of fused-ring (bicyclic) bond motifs is 5. The third-order valence-electron chi connectivity index (χ3n) is 6.11. The van der Waals surface area contributed by atoms with Gasteiger partial charge in [0.15, 0.2) is 6.61 Å². The molecule has 190 valence electrons. The lowest BCUT2D eigenvalue weighted by molar-refractivity contribution is -0.139. The van der Waals surface area contributed by atoms with E-state index in [2.05, 4.69) is 20.3 Å². The second kappa shape index (κ2) is 8.80. The van der Waals surface area contributed by atoms with Gasteiger partial charge in [-0.2, -0.15) is 23.1 Å². The monoisotopic (exact) mass is 508 g/mol. The minimum absolute atomic E-state index is 0.0586. The Kier molecular flexibility index (Phi) is 5.89. The molecular weight excluding hydrogens is 487 g/mol. The highest BCUT2D eigenvalue weighted by atomic mass is 19.4. The molecule has 2 aliphatic heterocycles. The summed E-state index contributed by atoms with van der Waals surface area (Å²) in [6, 6.07) is 4.56. The summed E-state index contributed by atoms with van der Waals surface area (Å²) in [4.78, 5) is 28.5. The van der Waals surface area contributed by atoms with Crippen molar-refractivity contribution in [2.45, 2.75) is 25.1 Å². The van der Waals surface area contributed by atoms with Gasteiger partial charge in [0, 0.05) is 31.4 Å². The number of rotatable bonds is 1. The van der Waals surface area contributed by atoms with Gasteiger partial charge in [0.1, 0.15) is 11.6 Å². The van der Waals surface area contributed by atoms with E-state index in [0.717, 1.165) is 6.07 Å². The number of nitrogens with zero attached hydrogens (tertiary/aromatic N) is 5. The lowest BCUT2D eigenvalue weighted by Crippen LogP contribution is -2.49. The van der Waals surface area contributed by atoms with Crippen LogP contribution in [-0.4, -0.2) is 65.0 Å². The van der Waals surface area contributed by atoms with Crippen molar-refractivity contribution in [2.75, 3.05) is 43.5 Å². The largest absolute Gasteiger partial charge is 0.457 e. The second-order valence-corrected chi connectivity index (χ2v) is 8.81. The number of ether oxygens (including phenoxy) is 1. The molecule has 2 aromatic heterocycles. The van der Waals surface area contributed by atoms with Crippen LogP contribution in [0.15, 0.2) is 30.5 Å². The summed E-state index contributed by atoms with van der Waals surface area (Å²) < 4.78 is 75.4. The highest BCUT2D eigenvalue weighted by Gasteiger charge is 2.39. The van der Waals surface area contributed by atoms with Crippen molar-refractivity contribution in [1.29, 1.82) is 0 Å². The Morgan fingerprint density at radius 2 is 1.97 bits per heavy atom. The zero-order chi connectivity index (χ0) is 25.7. The van der Waals surface area contributed by atoms with E-state index in [0.29, 0.717) is 24.3 Å². The average molecular weight is 508 g/mol. The van der Waals surface area contributed by atoms with Gasteiger partial charge in [-0.15, -0.1) is 0 Å². The molecule has 36 heavy (non-hydrogen) atoms. The number of amides is 1. The van der Waals surface area contributed by atoms with Crippen molar-refractivity contribution < 1.29 is 31.5 Å². The van der Waals surface area contributed by atoms with E-state index >= 15 is 0 Å². The summed E-state index contributed by atoms with van der Waals surface area (Å²) >= 11 is 0. The molecule has 1 fully saturated rings. The average Bonchev–Trinajstić information content (AvgIpc) is 2.82. The molecule has 2 aliphatic rings. The number of likely N-dealkylation sites (N-methyl/N-ethyl adjacent to an activating group) is 1. The number of aromatic nitrogens is 3. The summed E-state index contributed by atoms with van der Waals surface area (Å²) in [5.74, 6) is -3.24. The zero-order valence-electron chi connectivity index (χ0n) is 19.1. The van der Waals surface area contributed by atoms with Crippen LogP contribution >= 0.6 is 0 Å². The number of anilines is 2. The molecule has 0 radical (unpaired) electrons. The summed E-state index contributed by atoms with van der Waals surface area (Å²) in [7, 11) is 1.83. The van der Waals surface area contributed by atoms with Crippen molar-refractivity contribution in [3.05, 3.63) is 47.2 Å².